The Bertz CT molecular complexity index is 263. The SMILES string of the molecule is CCCCCCCCC(C(C)C(F)(F)F)C(C)(OC)OC. The third-order valence-electron chi connectivity index (χ3n) is 4.47. The third-order valence-corrected chi connectivity index (χ3v) is 4.47. The van der Waals surface area contributed by atoms with E-state index in [1.54, 1.807) is 6.92 Å². The van der Waals surface area contributed by atoms with Crippen molar-refractivity contribution < 1.29 is 22.6 Å². The first kappa shape index (κ1) is 20.7. The molecule has 21 heavy (non-hydrogen) atoms. The normalized spacial score (nSPS) is 16.0. The van der Waals surface area contributed by atoms with Gasteiger partial charge in [-0.05, 0) is 13.3 Å². The van der Waals surface area contributed by atoms with Crippen molar-refractivity contribution in [2.45, 2.75) is 77.7 Å². The zero-order valence-electron chi connectivity index (χ0n) is 14.1. The molecule has 2 atom stereocenters. The average molecular weight is 312 g/mol. The molecule has 0 radical (unpaired) electrons. The number of halogens is 3. The molecule has 0 aromatic carbocycles. The van der Waals surface area contributed by atoms with E-state index in [-0.39, 0.29) is 0 Å². The summed E-state index contributed by atoms with van der Waals surface area (Å²) < 4.78 is 49.7. The minimum atomic E-state index is -4.23. The molecule has 0 saturated carbocycles. The first-order valence-electron chi connectivity index (χ1n) is 7.90. The summed E-state index contributed by atoms with van der Waals surface area (Å²) in [6.07, 6.45) is 2.56. The molecule has 0 amide bonds. The second-order valence-electron chi connectivity index (χ2n) is 5.92. The lowest BCUT2D eigenvalue weighted by atomic mass is 9.82. The molecule has 0 rings (SSSR count). The van der Waals surface area contributed by atoms with Crippen LogP contribution in [0, 0.1) is 11.8 Å². The Morgan fingerprint density at radius 3 is 1.81 bits per heavy atom. The molecule has 0 aliphatic heterocycles. The first-order valence-corrected chi connectivity index (χ1v) is 7.90. The molecule has 0 saturated heterocycles. The van der Waals surface area contributed by atoms with Gasteiger partial charge in [-0.25, -0.2) is 0 Å². The van der Waals surface area contributed by atoms with Crippen molar-refractivity contribution in [2.75, 3.05) is 14.2 Å². The van der Waals surface area contributed by atoms with Crippen LogP contribution < -0.4 is 0 Å². The number of rotatable bonds is 11. The number of ether oxygens (including phenoxy) is 2. The summed E-state index contributed by atoms with van der Waals surface area (Å²) in [5, 5.41) is 0. The smallest absolute Gasteiger partial charge is 0.353 e. The van der Waals surface area contributed by atoms with E-state index >= 15 is 0 Å². The van der Waals surface area contributed by atoms with Crippen molar-refractivity contribution in [1.29, 1.82) is 0 Å². The monoisotopic (exact) mass is 312 g/mol. The van der Waals surface area contributed by atoms with E-state index in [4.69, 9.17) is 9.47 Å². The van der Waals surface area contributed by atoms with Crippen LogP contribution in [0.15, 0.2) is 0 Å². The Morgan fingerprint density at radius 1 is 0.905 bits per heavy atom. The van der Waals surface area contributed by atoms with Crippen LogP contribution in [0.5, 0.6) is 0 Å². The fourth-order valence-electron chi connectivity index (χ4n) is 2.73. The van der Waals surface area contributed by atoms with Gasteiger partial charge in [-0.2, -0.15) is 13.2 Å². The molecule has 0 spiro atoms. The number of hydrogen-bond acceptors (Lipinski definition) is 2. The van der Waals surface area contributed by atoms with Gasteiger partial charge in [0.15, 0.2) is 5.79 Å². The molecule has 2 unspecified atom stereocenters. The van der Waals surface area contributed by atoms with Crippen LogP contribution in [0.1, 0.15) is 65.7 Å². The van der Waals surface area contributed by atoms with Gasteiger partial charge in [0.05, 0.1) is 5.92 Å². The van der Waals surface area contributed by atoms with Gasteiger partial charge < -0.3 is 9.47 Å². The summed E-state index contributed by atoms with van der Waals surface area (Å²) >= 11 is 0. The molecule has 0 aliphatic rings. The van der Waals surface area contributed by atoms with Crippen LogP contribution in [-0.4, -0.2) is 26.2 Å². The van der Waals surface area contributed by atoms with Gasteiger partial charge in [-0.3, -0.25) is 0 Å². The number of unbranched alkanes of at least 4 members (excludes halogenated alkanes) is 5. The maximum absolute atomic E-state index is 13.1. The molecule has 2 nitrogen and oxygen atoms in total. The summed E-state index contributed by atoms with van der Waals surface area (Å²) in [6, 6.07) is 0. The Morgan fingerprint density at radius 2 is 1.38 bits per heavy atom. The van der Waals surface area contributed by atoms with E-state index in [0.717, 1.165) is 25.7 Å². The van der Waals surface area contributed by atoms with Gasteiger partial charge in [0.2, 0.25) is 0 Å². The summed E-state index contributed by atoms with van der Waals surface area (Å²) in [6.45, 7) is 4.96. The van der Waals surface area contributed by atoms with Crippen LogP contribution >= 0.6 is 0 Å². The van der Waals surface area contributed by atoms with Gasteiger partial charge in [-0.15, -0.1) is 0 Å². The van der Waals surface area contributed by atoms with Crippen LogP contribution in [0.4, 0.5) is 13.2 Å². The van der Waals surface area contributed by atoms with Crippen molar-refractivity contribution >= 4 is 0 Å². The van der Waals surface area contributed by atoms with Crippen LogP contribution in [0.3, 0.4) is 0 Å². The van der Waals surface area contributed by atoms with Gasteiger partial charge >= 0.3 is 6.18 Å². The fourth-order valence-corrected chi connectivity index (χ4v) is 2.73. The van der Waals surface area contributed by atoms with Crippen molar-refractivity contribution in [3.8, 4) is 0 Å². The Labute approximate surface area is 127 Å². The number of hydrogen-bond donors (Lipinski definition) is 0. The molecule has 0 fully saturated rings. The highest BCUT2D eigenvalue weighted by Crippen LogP contribution is 2.41. The topological polar surface area (TPSA) is 18.5 Å². The minimum Gasteiger partial charge on any atom is -0.353 e. The highest BCUT2D eigenvalue weighted by Gasteiger charge is 2.48. The van der Waals surface area contributed by atoms with Crippen molar-refractivity contribution in [1.82, 2.24) is 0 Å². The molecular formula is C16H31F3O2. The zero-order valence-corrected chi connectivity index (χ0v) is 14.1. The van der Waals surface area contributed by atoms with Gasteiger partial charge in [0.25, 0.3) is 0 Å². The second kappa shape index (κ2) is 9.67. The zero-order chi connectivity index (χ0) is 16.5. The molecule has 0 bridgehead atoms. The minimum absolute atomic E-state index is 0.463. The maximum atomic E-state index is 13.1. The Kier molecular flexibility index (Phi) is 9.54. The molecule has 0 aromatic heterocycles. The average Bonchev–Trinajstić information content (AvgIpc) is 2.44. The first-order chi connectivity index (χ1) is 9.72. The lowest BCUT2D eigenvalue weighted by Crippen LogP contribution is -2.46. The van der Waals surface area contributed by atoms with E-state index in [1.807, 2.05) is 0 Å². The van der Waals surface area contributed by atoms with Gasteiger partial charge in [-0.1, -0.05) is 52.4 Å². The third kappa shape index (κ3) is 7.00. The molecule has 0 N–H and O–H groups in total. The molecule has 0 heterocycles. The van der Waals surface area contributed by atoms with E-state index in [9.17, 15) is 13.2 Å². The summed E-state index contributed by atoms with van der Waals surface area (Å²) in [4.78, 5) is 0. The maximum Gasteiger partial charge on any atom is 0.392 e. The highest BCUT2D eigenvalue weighted by atomic mass is 19.4. The van der Waals surface area contributed by atoms with E-state index in [1.165, 1.54) is 34.0 Å². The van der Waals surface area contributed by atoms with Crippen LogP contribution in [-0.2, 0) is 9.47 Å². The van der Waals surface area contributed by atoms with Crippen molar-refractivity contribution in [3.05, 3.63) is 0 Å². The largest absolute Gasteiger partial charge is 0.392 e. The standard InChI is InChI=1S/C16H31F3O2/c1-6-7-8-9-10-11-12-14(13(2)16(17,18)19)15(3,20-4)21-5/h13-14H,6-12H2,1-5H3. The summed E-state index contributed by atoms with van der Waals surface area (Å²) in [7, 11) is 2.81. The lowest BCUT2D eigenvalue weighted by Gasteiger charge is -2.39. The van der Waals surface area contributed by atoms with Gasteiger partial charge in [0, 0.05) is 20.1 Å². The highest BCUT2D eigenvalue weighted by molar-refractivity contribution is 4.83. The van der Waals surface area contributed by atoms with E-state index in [2.05, 4.69) is 6.92 Å². The van der Waals surface area contributed by atoms with Crippen molar-refractivity contribution in [3.63, 3.8) is 0 Å². The quantitative estimate of drug-likeness (QED) is 0.367. The predicted molar refractivity (Wildman–Crippen MR) is 79.1 cm³/mol. The predicted octanol–water partition coefficient (Wildman–Crippen LogP) is 5.56. The van der Waals surface area contributed by atoms with Crippen LogP contribution in [0.25, 0.3) is 0 Å². The van der Waals surface area contributed by atoms with Crippen LogP contribution in [0.2, 0.25) is 0 Å². The Hall–Kier alpha value is -0.290. The van der Waals surface area contributed by atoms with Crippen molar-refractivity contribution in [2.24, 2.45) is 11.8 Å². The number of alkyl halides is 3. The summed E-state index contributed by atoms with van der Waals surface area (Å²) in [5.74, 6) is -3.34. The van der Waals surface area contributed by atoms with E-state index < -0.39 is 23.8 Å². The van der Waals surface area contributed by atoms with Gasteiger partial charge in [0.1, 0.15) is 0 Å². The molecule has 0 aromatic rings. The molecule has 128 valence electrons. The Balaban J connectivity index is 4.61. The lowest BCUT2D eigenvalue weighted by molar-refractivity contribution is -0.274. The van der Waals surface area contributed by atoms with E-state index in [0.29, 0.717) is 6.42 Å². The summed E-state index contributed by atoms with van der Waals surface area (Å²) in [5.41, 5.74) is 0. The number of methoxy groups -OCH3 is 2. The fraction of sp³-hybridized carbons (Fsp3) is 1.00. The molecule has 0 aliphatic carbocycles. The molecular weight excluding hydrogens is 281 g/mol. The second-order valence-corrected chi connectivity index (χ2v) is 5.92. The molecule has 5 heteroatoms.